The first-order valence-corrected chi connectivity index (χ1v) is 9.99. The van der Waals surface area contributed by atoms with Gasteiger partial charge in [0.15, 0.2) is 12.4 Å². The molecule has 2 aromatic carbocycles. The van der Waals surface area contributed by atoms with Crippen molar-refractivity contribution in [1.29, 1.82) is 0 Å². The SMILES string of the molecule is CCOC(=O)c1nnn(N=Cc2ccc(Cl)cc2)c1OCC(=O)c1ccc(Br)cc1. The minimum atomic E-state index is -0.725. The van der Waals surface area contributed by atoms with Crippen LogP contribution in [0.4, 0.5) is 0 Å². The fraction of sp³-hybridized carbons (Fsp3) is 0.150. The number of carbonyl (C=O) groups excluding carboxylic acids is 2. The van der Waals surface area contributed by atoms with Gasteiger partial charge in [0, 0.05) is 15.1 Å². The molecule has 0 fully saturated rings. The minimum Gasteiger partial charge on any atom is -0.466 e. The number of ether oxygens (including phenoxy) is 2. The summed E-state index contributed by atoms with van der Waals surface area (Å²) in [5.41, 5.74) is 1.03. The molecule has 0 saturated carbocycles. The highest BCUT2D eigenvalue weighted by Crippen LogP contribution is 2.18. The van der Waals surface area contributed by atoms with Crippen molar-refractivity contribution < 1.29 is 19.1 Å². The first-order valence-electron chi connectivity index (χ1n) is 8.82. The Balaban J connectivity index is 1.82. The van der Waals surface area contributed by atoms with Crippen LogP contribution in [0.15, 0.2) is 58.1 Å². The zero-order chi connectivity index (χ0) is 21.5. The van der Waals surface area contributed by atoms with Crippen molar-refractivity contribution >= 4 is 45.5 Å². The van der Waals surface area contributed by atoms with Gasteiger partial charge in [0.25, 0.3) is 5.88 Å². The van der Waals surface area contributed by atoms with Crippen molar-refractivity contribution in [3.8, 4) is 5.88 Å². The van der Waals surface area contributed by atoms with Crippen LogP contribution in [0.3, 0.4) is 0 Å². The van der Waals surface area contributed by atoms with Crippen LogP contribution in [0, 0.1) is 0 Å². The molecule has 0 N–H and O–H groups in total. The van der Waals surface area contributed by atoms with Crippen molar-refractivity contribution in [2.24, 2.45) is 5.10 Å². The van der Waals surface area contributed by atoms with Crippen molar-refractivity contribution in [3.05, 3.63) is 74.8 Å². The van der Waals surface area contributed by atoms with E-state index >= 15 is 0 Å². The van der Waals surface area contributed by atoms with Gasteiger partial charge in [-0.05, 0) is 42.0 Å². The van der Waals surface area contributed by atoms with Crippen LogP contribution in [-0.4, -0.2) is 46.3 Å². The molecule has 0 radical (unpaired) electrons. The van der Waals surface area contributed by atoms with Crippen LogP contribution in [0.1, 0.15) is 33.3 Å². The molecule has 3 rings (SSSR count). The van der Waals surface area contributed by atoms with Gasteiger partial charge in [-0.2, -0.15) is 5.10 Å². The van der Waals surface area contributed by atoms with Gasteiger partial charge in [-0.15, -0.1) is 5.10 Å². The smallest absolute Gasteiger partial charge is 0.364 e. The topological polar surface area (TPSA) is 95.7 Å². The molecule has 0 aliphatic carbocycles. The Morgan fingerprint density at radius 3 is 2.53 bits per heavy atom. The normalized spacial score (nSPS) is 10.9. The highest BCUT2D eigenvalue weighted by atomic mass is 79.9. The fourth-order valence-electron chi connectivity index (χ4n) is 2.32. The lowest BCUT2D eigenvalue weighted by Crippen LogP contribution is -2.15. The Hall–Kier alpha value is -3.04. The molecule has 0 saturated heterocycles. The Morgan fingerprint density at radius 2 is 1.87 bits per heavy atom. The number of hydrogen-bond donors (Lipinski definition) is 0. The number of hydrogen-bond acceptors (Lipinski definition) is 7. The third-order valence-corrected chi connectivity index (χ3v) is 4.56. The Bertz CT molecular complexity index is 1070. The predicted octanol–water partition coefficient (Wildman–Crippen LogP) is 4.01. The van der Waals surface area contributed by atoms with Crippen LogP contribution in [0.2, 0.25) is 5.02 Å². The van der Waals surface area contributed by atoms with Gasteiger partial charge >= 0.3 is 5.97 Å². The lowest BCUT2D eigenvalue weighted by Gasteiger charge is -2.07. The van der Waals surface area contributed by atoms with Crippen LogP contribution < -0.4 is 4.74 Å². The lowest BCUT2D eigenvalue weighted by atomic mass is 10.1. The van der Waals surface area contributed by atoms with E-state index in [4.69, 9.17) is 21.1 Å². The average Bonchev–Trinajstić information content (AvgIpc) is 3.15. The number of rotatable bonds is 8. The van der Waals surface area contributed by atoms with E-state index in [0.29, 0.717) is 10.6 Å². The molecule has 1 heterocycles. The van der Waals surface area contributed by atoms with E-state index in [9.17, 15) is 9.59 Å². The highest BCUT2D eigenvalue weighted by Gasteiger charge is 2.23. The molecule has 0 aliphatic heterocycles. The van der Waals surface area contributed by atoms with E-state index in [1.165, 1.54) is 6.21 Å². The van der Waals surface area contributed by atoms with E-state index in [1.54, 1.807) is 55.5 Å². The number of nitrogens with zero attached hydrogens (tertiary/aromatic N) is 4. The lowest BCUT2D eigenvalue weighted by molar-refractivity contribution is 0.0512. The number of ketones is 1. The van der Waals surface area contributed by atoms with Crippen molar-refractivity contribution in [3.63, 3.8) is 0 Å². The number of aromatic nitrogens is 3. The number of esters is 1. The second-order valence-electron chi connectivity index (χ2n) is 5.87. The number of benzene rings is 2. The summed E-state index contributed by atoms with van der Waals surface area (Å²) in [5.74, 6) is -1.10. The summed E-state index contributed by atoms with van der Waals surface area (Å²) >= 11 is 9.19. The van der Waals surface area contributed by atoms with Gasteiger partial charge in [-0.25, -0.2) is 4.79 Å². The van der Waals surface area contributed by atoms with Gasteiger partial charge in [0.2, 0.25) is 5.69 Å². The second kappa shape index (κ2) is 10.1. The maximum atomic E-state index is 12.4. The molecule has 0 unspecified atom stereocenters. The molecular weight excluding hydrogens is 476 g/mol. The third kappa shape index (κ3) is 5.52. The monoisotopic (exact) mass is 490 g/mol. The van der Waals surface area contributed by atoms with Crippen molar-refractivity contribution in [2.75, 3.05) is 13.2 Å². The Morgan fingerprint density at radius 1 is 1.17 bits per heavy atom. The molecule has 0 bridgehead atoms. The summed E-state index contributed by atoms with van der Waals surface area (Å²) in [6.07, 6.45) is 1.49. The molecular formula is C20H16BrClN4O4. The van der Waals surface area contributed by atoms with Gasteiger partial charge in [-0.3, -0.25) is 4.79 Å². The van der Waals surface area contributed by atoms with Gasteiger partial charge in [0.05, 0.1) is 12.8 Å². The van der Waals surface area contributed by atoms with Gasteiger partial charge < -0.3 is 9.47 Å². The third-order valence-electron chi connectivity index (χ3n) is 3.77. The molecule has 0 atom stereocenters. The molecule has 0 amide bonds. The van der Waals surface area contributed by atoms with E-state index in [0.717, 1.165) is 14.8 Å². The minimum absolute atomic E-state index is 0.0934. The molecule has 3 aromatic rings. The molecule has 1 aromatic heterocycles. The van der Waals surface area contributed by atoms with Crippen molar-refractivity contribution in [1.82, 2.24) is 15.1 Å². The summed E-state index contributed by atoms with van der Waals surface area (Å²) in [4.78, 5) is 25.6. The van der Waals surface area contributed by atoms with E-state index < -0.39 is 5.97 Å². The van der Waals surface area contributed by atoms with E-state index in [2.05, 4.69) is 31.3 Å². The maximum Gasteiger partial charge on any atom is 0.364 e. The van der Waals surface area contributed by atoms with Crippen LogP contribution in [0.5, 0.6) is 5.88 Å². The van der Waals surface area contributed by atoms with Gasteiger partial charge in [-0.1, -0.05) is 56.6 Å². The molecule has 0 spiro atoms. The number of carbonyl (C=O) groups is 2. The highest BCUT2D eigenvalue weighted by molar-refractivity contribution is 9.10. The second-order valence-corrected chi connectivity index (χ2v) is 7.22. The summed E-state index contributed by atoms with van der Waals surface area (Å²) in [6, 6.07) is 13.8. The zero-order valence-electron chi connectivity index (χ0n) is 15.8. The largest absolute Gasteiger partial charge is 0.466 e. The summed E-state index contributed by atoms with van der Waals surface area (Å²) in [6.45, 7) is 1.48. The summed E-state index contributed by atoms with van der Waals surface area (Å²) in [7, 11) is 0. The summed E-state index contributed by atoms with van der Waals surface area (Å²) in [5, 5.41) is 12.3. The standard InChI is InChI=1S/C20H16BrClN4O4/c1-2-29-20(28)18-19(30-12-17(27)14-5-7-15(21)8-6-14)26(25-24-18)23-11-13-3-9-16(22)10-4-13/h3-11H,2,12H2,1H3. The summed E-state index contributed by atoms with van der Waals surface area (Å²) < 4.78 is 11.4. The molecule has 30 heavy (non-hydrogen) atoms. The number of Topliss-reactive ketones (excluding diaryl/α,β-unsaturated/α-hetero) is 1. The first-order chi connectivity index (χ1) is 14.5. The van der Waals surface area contributed by atoms with Crippen molar-refractivity contribution in [2.45, 2.75) is 6.92 Å². The van der Waals surface area contributed by atoms with E-state index in [1.807, 2.05) is 0 Å². The molecule has 154 valence electrons. The maximum absolute atomic E-state index is 12.4. The van der Waals surface area contributed by atoms with E-state index in [-0.39, 0.29) is 30.6 Å². The number of halogens is 2. The predicted molar refractivity (Wildman–Crippen MR) is 114 cm³/mol. The van der Waals surface area contributed by atoms with Crippen LogP contribution >= 0.6 is 27.5 Å². The zero-order valence-corrected chi connectivity index (χ0v) is 18.1. The van der Waals surface area contributed by atoms with Crippen LogP contribution in [0.25, 0.3) is 0 Å². The first kappa shape index (κ1) is 21.7. The molecule has 0 aliphatic rings. The molecule has 8 nitrogen and oxygen atoms in total. The van der Waals surface area contributed by atoms with Gasteiger partial charge in [0.1, 0.15) is 0 Å². The Kier molecular flexibility index (Phi) is 7.31. The quantitative estimate of drug-likeness (QED) is 0.268. The fourth-order valence-corrected chi connectivity index (χ4v) is 2.71. The Labute approximate surface area is 185 Å². The average molecular weight is 492 g/mol. The van der Waals surface area contributed by atoms with Crippen LogP contribution in [-0.2, 0) is 4.74 Å². The molecule has 10 heteroatoms.